The Bertz CT molecular complexity index is 926. The highest BCUT2D eigenvalue weighted by Gasteiger charge is 2.15. The van der Waals surface area contributed by atoms with Crippen LogP contribution in [0, 0.1) is 0 Å². The fourth-order valence-electron chi connectivity index (χ4n) is 2.97. The second-order valence-corrected chi connectivity index (χ2v) is 6.79. The molecule has 0 radical (unpaired) electrons. The van der Waals surface area contributed by atoms with Gasteiger partial charge < -0.3 is 15.0 Å². The SMILES string of the molecule is COc1cccc(NC(=O)c2cc(N(Cc3ccccc3)C(C)C)ccn2)c1. The highest BCUT2D eigenvalue weighted by atomic mass is 16.5. The zero-order chi connectivity index (χ0) is 19.9. The molecule has 0 spiro atoms. The molecule has 3 aromatic rings. The van der Waals surface area contributed by atoms with Crippen molar-refractivity contribution < 1.29 is 9.53 Å². The predicted octanol–water partition coefficient (Wildman–Crippen LogP) is 4.76. The molecule has 0 atom stereocenters. The average Bonchev–Trinajstić information content (AvgIpc) is 2.72. The van der Waals surface area contributed by atoms with E-state index in [1.54, 1.807) is 19.4 Å². The van der Waals surface area contributed by atoms with E-state index in [4.69, 9.17) is 4.74 Å². The lowest BCUT2D eigenvalue weighted by atomic mass is 10.1. The number of ether oxygens (including phenoxy) is 1. The van der Waals surface area contributed by atoms with Crippen LogP contribution in [0.1, 0.15) is 29.9 Å². The smallest absolute Gasteiger partial charge is 0.274 e. The predicted molar refractivity (Wildman–Crippen MR) is 113 cm³/mol. The number of aromatic nitrogens is 1. The van der Waals surface area contributed by atoms with Gasteiger partial charge in [-0.2, -0.15) is 0 Å². The summed E-state index contributed by atoms with van der Waals surface area (Å²) < 4.78 is 5.20. The molecule has 0 aliphatic rings. The van der Waals surface area contributed by atoms with Gasteiger partial charge in [-0.15, -0.1) is 0 Å². The largest absolute Gasteiger partial charge is 0.497 e. The van der Waals surface area contributed by atoms with Gasteiger partial charge in [0.1, 0.15) is 11.4 Å². The van der Waals surface area contributed by atoms with Crippen molar-refractivity contribution in [2.45, 2.75) is 26.4 Å². The lowest BCUT2D eigenvalue weighted by Crippen LogP contribution is -2.30. The normalized spacial score (nSPS) is 10.6. The van der Waals surface area contributed by atoms with E-state index in [1.165, 1.54) is 5.56 Å². The number of pyridine rings is 1. The third kappa shape index (κ3) is 4.88. The second-order valence-electron chi connectivity index (χ2n) is 6.79. The monoisotopic (exact) mass is 375 g/mol. The van der Waals surface area contributed by atoms with Gasteiger partial charge in [0.05, 0.1) is 7.11 Å². The number of hydrogen-bond donors (Lipinski definition) is 1. The van der Waals surface area contributed by atoms with Crippen molar-refractivity contribution in [1.29, 1.82) is 0 Å². The molecule has 3 rings (SSSR count). The maximum atomic E-state index is 12.7. The Kier molecular flexibility index (Phi) is 6.27. The first-order chi connectivity index (χ1) is 13.6. The van der Waals surface area contributed by atoms with Gasteiger partial charge in [-0.1, -0.05) is 36.4 Å². The van der Waals surface area contributed by atoms with Crippen molar-refractivity contribution in [2.75, 3.05) is 17.3 Å². The zero-order valence-electron chi connectivity index (χ0n) is 16.4. The molecule has 1 heterocycles. The molecule has 28 heavy (non-hydrogen) atoms. The van der Waals surface area contributed by atoms with Crippen LogP contribution in [-0.4, -0.2) is 24.0 Å². The topological polar surface area (TPSA) is 54.5 Å². The number of nitrogens with one attached hydrogen (secondary N) is 1. The molecule has 0 aliphatic carbocycles. The molecule has 5 heteroatoms. The number of carbonyl (C=O) groups excluding carboxylic acids is 1. The Labute approximate surface area is 166 Å². The summed E-state index contributed by atoms with van der Waals surface area (Å²) in [5, 5.41) is 2.88. The number of hydrogen-bond acceptors (Lipinski definition) is 4. The third-order valence-electron chi connectivity index (χ3n) is 4.45. The summed E-state index contributed by atoms with van der Waals surface area (Å²) in [6.45, 7) is 5.04. The molecule has 1 aromatic heterocycles. The number of anilines is 2. The van der Waals surface area contributed by atoms with Crippen LogP contribution in [0.15, 0.2) is 72.9 Å². The van der Waals surface area contributed by atoms with Gasteiger partial charge in [-0.3, -0.25) is 9.78 Å². The van der Waals surface area contributed by atoms with E-state index >= 15 is 0 Å². The molecule has 0 aliphatic heterocycles. The van der Waals surface area contributed by atoms with E-state index in [9.17, 15) is 4.79 Å². The van der Waals surface area contributed by atoms with Crippen molar-refractivity contribution in [2.24, 2.45) is 0 Å². The van der Waals surface area contributed by atoms with Crippen LogP contribution in [-0.2, 0) is 6.54 Å². The second kappa shape index (κ2) is 9.04. The van der Waals surface area contributed by atoms with Crippen LogP contribution in [0.3, 0.4) is 0 Å². The highest BCUT2D eigenvalue weighted by Crippen LogP contribution is 2.22. The minimum Gasteiger partial charge on any atom is -0.497 e. The first kappa shape index (κ1) is 19.4. The molecule has 1 N–H and O–H groups in total. The maximum Gasteiger partial charge on any atom is 0.274 e. The summed E-state index contributed by atoms with van der Waals surface area (Å²) in [5.41, 5.74) is 3.22. The fourth-order valence-corrected chi connectivity index (χ4v) is 2.97. The summed E-state index contributed by atoms with van der Waals surface area (Å²) >= 11 is 0. The number of nitrogens with zero attached hydrogens (tertiary/aromatic N) is 2. The van der Waals surface area contributed by atoms with E-state index in [0.717, 1.165) is 12.2 Å². The molecule has 0 fully saturated rings. The van der Waals surface area contributed by atoms with Gasteiger partial charge in [0, 0.05) is 36.2 Å². The maximum absolute atomic E-state index is 12.7. The molecule has 1 amide bonds. The number of carbonyl (C=O) groups is 1. The number of rotatable bonds is 7. The quantitative estimate of drug-likeness (QED) is 0.647. The fraction of sp³-hybridized carbons (Fsp3) is 0.217. The molecule has 0 saturated carbocycles. The van der Waals surface area contributed by atoms with Gasteiger partial charge in [0.15, 0.2) is 0 Å². The van der Waals surface area contributed by atoms with E-state index in [2.05, 4.69) is 41.2 Å². The summed E-state index contributed by atoms with van der Waals surface area (Å²) in [4.78, 5) is 19.2. The Morgan fingerprint density at radius 2 is 1.86 bits per heavy atom. The summed E-state index contributed by atoms with van der Waals surface area (Å²) in [7, 11) is 1.60. The number of amides is 1. The van der Waals surface area contributed by atoms with Crippen molar-refractivity contribution in [3.05, 3.63) is 84.2 Å². The van der Waals surface area contributed by atoms with E-state index in [0.29, 0.717) is 17.1 Å². The van der Waals surface area contributed by atoms with Crippen molar-refractivity contribution in [3.63, 3.8) is 0 Å². The summed E-state index contributed by atoms with van der Waals surface area (Å²) in [6.07, 6.45) is 1.68. The standard InChI is InChI=1S/C23H25N3O2/c1-17(2)26(16-18-8-5-4-6-9-18)20-12-13-24-22(15-20)23(27)25-19-10-7-11-21(14-19)28-3/h4-15,17H,16H2,1-3H3,(H,25,27). The van der Waals surface area contributed by atoms with Crippen molar-refractivity contribution in [3.8, 4) is 5.75 Å². The van der Waals surface area contributed by atoms with Gasteiger partial charge in [-0.05, 0) is 43.7 Å². The molecule has 0 unspecified atom stereocenters. The molecule has 0 saturated heterocycles. The van der Waals surface area contributed by atoms with Crippen LogP contribution in [0.4, 0.5) is 11.4 Å². The minimum absolute atomic E-state index is 0.251. The average molecular weight is 375 g/mol. The van der Waals surface area contributed by atoms with Crippen LogP contribution in [0.25, 0.3) is 0 Å². The molecular formula is C23H25N3O2. The number of methoxy groups -OCH3 is 1. The highest BCUT2D eigenvalue weighted by molar-refractivity contribution is 6.03. The molecular weight excluding hydrogens is 350 g/mol. The van der Waals surface area contributed by atoms with Gasteiger partial charge in [0.2, 0.25) is 0 Å². The lowest BCUT2D eigenvalue weighted by Gasteiger charge is -2.29. The first-order valence-corrected chi connectivity index (χ1v) is 9.29. The van der Waals surface area contributed by atoms with E-state index in [-0.39, 0.29) is 11.9 Å². The molecule has 144 valence electrons. The Balaban J connectivity index is 1.80. The minimum atomic E-state index is -0.251. The molecule has 0 bridgehead atoms. The van der Waals surface area contributed by atoms with Gasteiger partial charge in [0.25, 0.3) is 5.91 Å². The summed E-state index contributed by atoms with van der Waals surface area (Å²) in [6, 6.07) is 21.6. The zero-order valence-corrected chi connectivity index (χ0v) is 16.4. The Hall–Kier alpha value is -3.34. The molecule has 2 aromatic carbocycles. The van der Waals surface area contributed by atoms with Gasteiger partial charge in [-0.25, -0.2) is 0 Å². The van der Waals surface area contributed by atoms with E-state index in [1.807, 2.05) is 48.5 Å². The van der Waals surface area contributed by atoms with Crippen molar-refractivity contribution in [1.82, 2.24) is 4.98 Å². The van der Waals surface area contributed by atoms with Crippen LogP contribution in [0.5, 0.6) is 5.75 Å². The Morgan fingerprint density at radius 1 is 1.07 bits per heavy atom. The van der Waals surface area contributed by atoms with Gasteiger partial charge >= 0.3 is 0 Å². The van der Waals surface area contributed by atoms with Crippen molar-refractivity contribution >= 4 is 17.3 Å². The van der Waals surface area contributed by atoms with E-state index < -0.39 is 0 Å². The lowest BCUT2D eigenvalue weighted by molar-refractivity contribution is 0.102. The van der Waals surface area contributed by atoms with Crippen LogP contribution >= 0.6 is 0 Å². The molecule has 5 nitrogen and oxygen atoms in total. The van der Waals surface area contributed by atoms with Crippen LogP contribution < -0.4 is 15.0 Å². The van der Waals surface area contributed by atoms with Crippen LogP contribution in [0.2, 0.25) is 0 Å². The third-order valence-corrected chi connectivity index (χ3v) is 4.45. The first-order valence-electron chi connectivity index (χ1n) is 9.29. The Morgan fingerprint density at radius 3 is 2.57 bits per heavy atom. The summed E-state index contributed by atoms with van der Waals surface area (Å²) in [5.74, 6) is 0.437. The number of benzene rings is 2.